The predicted molar refractivity (Wildman–Crippen MR) is 81.4 cm³/mol. The van der Waals surface area contributed by atoms with E-state index < -0.39 is 0 Å². The summed E-state index contributed by atoms with van der Waals surface area (Å²) in [5, 5.41) is 3.11. The number of halogens is 1. The van der Waals surface area contributed by atoms with E-state index in [-0.39, 0.29) is 6.04 Å². The van der Waals surface area contributed by atoms with E-state index in [1.807, 2.05) is 42.5 Å². The Labute approximate surface area is 117 Å². The van der Waals surface area contributed by atoms with Gasteiger partial charge in [0.1, 0.15) is 0 Å². The van der Waals surface area contributed by atoms with Crippen LogP contribution in [0.4, 0.5) is 0 Å². The van der Waals surface area contributed by atoms with Crippen LogP contribution in [0.2, 0.25) is 5.02 Å². The molecule has 0 radical (unpaired) electrons. The molecule has 0 saturated heterocycles. The standard InChI is InChI=1S/C17H14ClN/c18-14-8-3-7-13(11-14)17(19)16-10-4-6-12-5-1-2-9-15(12)16/h1-11,17H,19H2. The second kappa shape index (κ2) is 5.04. The molecule has 3 aromatic carbocycles. The largest absolute Gasteiger partial charge is 0.320 e. The lowest BCUT2D eigenvalue weighted by atomic mass is 9.94. The van der Waals surface area contributed by atoms with E-state index in [9.17, 15) is 0 Å². The van der Waals surface area contributed by atoms with E-state index in [1.54, 1.807) is 0 Å². The molecule has 2 N–H and O–H groups in total. The summed E-state index contributed by atoms with van der Waals surface area (Å²) in [5.41, 5.74) is 8.55. The molecule has 0 aliphatic carbocycles. The fourth-order valence-corrected chi connectivity index (χ4v) is 2.60. The van der Waals surface area contributed by atoms with Crippen LogP contribution >= 0.6 is 11.6 Å². The number of hydrogen-bond acceptors (Lipinski definition) is 1. The Hall–Kier alpha value is -1.83. The van der Waals surface area contributed by atoms with Gasteiger partial charge >= 0.3 is 0 Å². The average molecular weight is 268 g/mol. The molecule has 19 heavy (non-hydrogen) atoms. The van der Waals surface area contributed by atoms with Crippen molar-refractivity contribution in [2.24, 2.45) is 5.73 Å². The third-order valence-corrected chi connectivity index (χ3v) is 3.60. The molecule has 0 saturated carbocycles. The fourth-order valence-electron chi connectivity index (χ4n) is 2.40. The monoisotopic (exact) mass is 267 g/mol. The van der Waals surface area contributed by atoms with Crippen LogP contribution in [0.3, 0.4) is 0 Å². The summed E-state index contributed by atoms with van der Waals surface area (Å²) in [6.07, 6.45) is 0. The van der Waals surface area contributed by atoms with Gasteiger partial charge in [-0.1, -0.05) is 66.2 Å². The Morgan fingerprint density at radius 2 is 1.58 bits per heavy atom. The highest BCUT2D eigenvalue weighted by molar-refractivity contribution is 6.30. The maximum absolute atomic E-state index is 6.39. The van der Waals surface area contributed by atoms with Gasteiger partial charge in [-0.25, -0.2) is 0 Å². The molecule has 0 fully saturated rings. The second-order valence-corrected chi connectivity index (χ2v) is 5.04. The van der Waals surface area contributed by atoms with Crippen LogP contribution in [0, 0.1) is 0 Å². The lowest BCUT2D eigenvalue weighted by molar-refractivity contribution is 0.881. The van der Waals surface area contributed by atoms with Crippen molar-refractivity contribution in [1.82, 2.24) is 0 Å². The van der Waals surface area contributed by atoms with E-state index in [4.69, 9.17) is 17.3 Å². The van der Waals surface area contributed by atoms with Gasteiger partial charge in [0.15, 0.2) is 0 Å². The van der Waals surface area contributed by atoms with Crippen molar-refractivity contribution in [1.29, 1.82) is 0 Å². The lowest BCUT2D eigenvalue weighted by Gasteiger charge is -2.15. The maximum atomic E-state index is 6.39. The molecule has 3 rings (SSSR count). The molecule has 0 aliphatic heterocycles. The molecular formula is C17H14ClN. The summed E-state index contributed by atoms with van der Waals surface area (Å²) in [6, 6.07) is 22.1. The van der Waals surface area contributed by atoms with Crippen LogP contribution in [-0.4, -0.2) is 0 Å². The quantitative estimate of drug-likeness (QED) is 0.725. The SMILES string of the molecule is NC(c1cccc(Cl)c1)c1cccc2ccccc12. The van der Waals surface area contributed by atoms with Crippen molar-refractivity contribution in [2.45, 2.75) is 6.04 Å². The average Bonchev–Trinajstić information content (AvgIpc) is 2.46. The molecule has 1 nitrogen and oxygen atoms in total. The van der Waals surface area contributed by atoms with Gasteiger partial charge in [0.25, 0.3) is 0 Å². The summed E-state index contributed by atoms with van der Waals surface area (Å²) < 4.78 is 0. The minimum absolute atomic E-state index is 0.162. The molecule has 0 aromatic heterocycles. The molecule has 0 aliphatic rings. The Balaban J connectivity index is 2.14. The number of rotatable bonds is 2. The molecule has 2 heteroatoms. The summed E-state index contributed by atoms with van der Waals surface area (Å²) in [7, 11) is 0. The molecular weight excluding hydrogens is 254 g/mol. The minimum Gasteiger partial charge on any atom is -0.320 e. The van der Waals surface area contributed by atoms with Gasteiger partial charge in [-0.2, -0.15) is 0 Å². The smallest absolute Gasteiger partial charge is 0.0558 e. The van der Waals surface area contributed by atoms with Crippen LogP contribution in [0.5, 0.6) is 0 Å². The highest BCUT2D eigenvalue weighted by atomic mass is 35.5. The van der Waals surface area contributed by atoms with E-state index in [0.29, 0.717) is 5.02 Å². The number of hydrogen-bond donors (Lipinski definition) is 1. The number of nitrogens with two attached hydrogens (primary N) is 1. The van der Waals surface area contributed by atoms with E-state index in [1.165, 1.54) is 10.8 Å². The Morgan fingerprint density at radius 3 is 2.42 bits per heavy atom. The van der Waals surface area contributed by atoms with Crippen LogP contribution in [0.25, 0.3) is 10.8 Å². The van der Waals surface area contributed by atoms with Crippen molar-refractivity contribution < 1.29 is 0 Å². The normalized spacial score (nSPS) is 12.5. The van der Waals surface area contributed by atoms with Crippen molar-refractivity contribution in [3.05, 3.63) is 82.9 Å². The fraction of sp³-hybridized carbons (Fsp3) is 0.0588. The van der Waals surface area contributed by atoms with Crippen molar-refractivity contribution in [2.75, 3.05) is 0 Å². The number of fused-ring (bicyclic) bond motifs is 1. The van der Waals surface area contributed by atoms with E-state index in [2.05, 4.69) is 24.3 Å². The van der Waals surface area contributed by atoms with Gasteiger partial charge in [0.2, 0.25) is 0 Å². The van der Waals surface area contributed by atoms with E-state index >= 15 is 0 Å². The van der Waals surface area contributed by atoms with Gasteiger partial charge in [-0.05, 0) is 34.0 Å². The molecule has 0 amide bonds. The highest BCUT2D eigenvalue weighted by Gasteiger charge is 2.11. The molecule has 94 valence electrons. The molecule has 1 unspecified atom stereocenters. The Kier molecular flexibility index (Phi) is 3.24. The van der Waals surface area contributed by atoms with Crippen LogP contribution in [-0.2, 0) is 0 Å². The third kappa shape index (κ3) is 2.35. The van der Waals surface area contributed by atoms with Gasteiger partial charge in [-0.15, -0.1) is 0 Å². The molecule has 0 bridgehead atoms. The Bertz CT molecular complexity index is 716. The summed E-state index contributed by atoms with van der Waals surface area (Å²) >= 11 is 6.04. The van der Waals surface area contributed by atoms with Crippen molar-refractivity contribution >= 4 is 22.4 Å². The molecule has 0 spiro atoms. The molecule has 0 heterocycles. The highest BCUT2D eigenvalue weighted by Crippen LogP contribution is 2.28. The minimum atomic E-state index is -0.162. The van der Waals surface area contributed by atoms with Gasteiger partial charge in [0.05, 0.1) is 6.04 Å². The van der Waals surface area contributed by atoms with Crippen LogP contribution in [0.15, 0.2) is 66.7 Å². The predicted octanol–water partition coefficient (Wildman–Crippen LogP) is 4.54. The molecule has 3 aromatic rings. The van der Waals surface area contributed by atoms with Gasteiger partial charge < -0.3 is 5.73 Å². The zero-order valence-corrected chi connectivity index (χ0v) is 11.1. The Morgan fingerprint density at radius 1 is 0.842 bits per heavy atom. The van der Waals surface area contributed by atoms with Gasteiger partial charge in [0, 0.05) is 5.02 Å². The summed E-state index contributed by atoms with van der Waals surface area (Å²) in [4.78, 5) is 0. The second-order valence-electron chi connectivity index (χ2n) is 4.60. The number of benzene rings is 3. The topological polar surface area (TPSA) is 26.0 Å². The maximum Gasteiger partial charge on any atom is 0.0558 e. The zero-order valence-electron chi connectivity index (χ0n) is 10.4. The van der Waals surface area contributed by atoms with Crippen molar-refractivity contribution in [3.8, 4) is 0 Å². The van der Waals surface area contributed by atoms with Crippen molar-refractivity contribution in [3.63, 3.8) is 0 Å². The third-order valence-electron chi connectivity index (χ3n) is 3.37. The van der Waals surface area contributed by atoms with E-state index in [0.717, 1.165) is 11.1 Å². The van der Waals surface area contributed by atoms with Crippen LogP contribution < -0.4 is 5.73 Å². The van der Waals surface area contributed by atoms with Crippen LogP contribution in [0.1, 0.15) is 17.2 Å². The first-order valence-electron chi connectivity index (χ1n) is 6.24. The molecule has 1 atom stereocenters. The van der Waals surface area contributed by atoms with Gasteiger partial charge in [-0.3, -0.25) is 0 Å². The summed E-state index contributed by atoms with van der Waals surface area (Å²) in [5.74, 6) is 0. The zero-order chi connectivity index (χ0) is 13.2. The summed E-state index contributed by atoms with van der Waals surface area (Å²) in [6.45, 7) is 0. The first-order valence-corrected chi connectivity index (χ1v) is 6.62. The lowest BCUT2D eigenvalue weighted by Crippen LogP contribution is -2.12. The first kappa shape index (κ1) is 12.2. The first-order chi connectivity index (χ1) is 9.25.